The fourth-order valence-corrected chi connectivity index (χ4v) is 2.98. The monoisotopic (exact) mass is 366 g/mol. The SMILES string of the molecule is CCCc1noc(CN2CCN(C(=O)c3cc(Cl)ccc3F)CC2)n1. The van der Waals surface area contributed by atoms with Crippen molar-refractivity contribution in [2.45, 2.75) is 26.3 Å². The maximum Gasteiger partial charge on any atom is 0.256 e. The fourth-order valence-electron chi connectivity index (χ4n) is 2.81. The number of nitrogens with zero attached hydrogens (tertiary/aromatic N) is 4. The highest BCUT2D eigenvalue weighted by Crippen LogP contribution is 2.18. The van der Waals surface area contributed by atoms with E-state index in [-0.39, 0.29) is 11.5 Å². The van der Waals surface area contributed by atoms with E-state index in [9.17, 15) is 9.18 Å². The van der Waals surface area contributed by atoms with E-state index in [4.69, 9.17) is 16.1 Å². The van der Waals surface area contributed by atoms with Crippen molar-refractivity contribution in [1.82, 2.24) is 19.9 Å². The zero-order valence-electron chi connectivity index (χ0n) is 14.0. The highest BCUT2D eigenvalue weighted by Gasteiger charge is 2.25. The number of rotatable bonds is 5. The minimum atomic E-state index is -0.550. The van der Waals surface area contributed by atoms with Crippen LogP contribution in [-0.4, -0.2) is 52.0 Å². The van der Waals surface area contributed by atoms with Gasteiger partial charge < -0.3 is 9.42 Å². The molecular formula is C17H20ClFN4O2. The van der Waals surface area contributed by atoms with Crippen LogP contribution in [0.2, 0.25) is 5.02 Å². The third kappa shape index (κ3) is 4.35. The molecule has 0 atom stereocenters. The highest BCUT2D eigenvalue weighted by molar-refractivity contribution is 6.31. The average molecular weight is 367 g/mol. The maximum absolute atomic E-state index is 13.9. The van der Waals surface area contributed by atoms with Gasteiger partial charge in [0.2, 0.25) is 5.89 Å². The number of piperazine rings is 1. The predicted molar refractivity (Wildman–Crippen MR) is 90.9 cm³/mol. The number of carbonyl (C=O) groups is 1. The van der Waals surface area contributed by atoms with Crippen LogP contribution in [0.15, 0.2) is 22.7 Å². The van der Waals surface area contributed by atoms with E-state index in [1.807, 2.05) is 0 Å². The van der Waals surface area contributed by atoms with Gasteiger partial charge in [-0.25, -0.2) is 4.39 Å². The lowest BCUT2D eigenvalue weighted by Gasteiger charge is -2.34. The second-order valence-electron chi connectivity index (χ2n) is 6.05. The van der Waals surface area contributed by atoms with E-state index in [1.165, 1.54) is 18.2 Å². The molecule has 1 aromatic carbocycles. The quantitative estimate of drug-likeness (QED) is 0.814. The summed E-state index contributed by atoms with van der Waals surface area (Å²) in [6, 6.07) is 4.03. The summed E-state index contributed by atoms with van der Waals surface area (Å²) in [5.41, 5.74) is 0.0158. The molecule has 6 nitrogen and oxygen atoms in total. The predicted octanol–water partition coefficient (Wildman–Crippen LogP) is 2.77. The Hall–Kier alpha value is -1.99. The molecule has 1 fully saturated rings. The van der Waals surface area contributed by atoms with Crippen molar-refractivity contribution in [3.8, 4) is 0 Å². The number of carbonyl (C=O) groups excluding carboxylic acids is 1. The molecule has 0 aliphatic carbocycles. The molecule has 2 aromatic rings. The van der Waals surface area contributed by atoms with Crippen LogP contribution in [-0.2, 0) is 13.0 Å². The van der Waals surface area contributed by atoms with E-state index < -0.39 is 5.82 Å². The third-order valence-electron chi connectivity index (χ3n) is 4.16. The van der Waals surface area contributed by atoms with Crippen LogP contribution in [0, 0.1) is 5.82 Å². The number of aryl methyl sites for hydroxylation is 1. The van der Waals surface area contributed by atoms with E-state index in [0.29, 0.717) is 43.6 Å². The Kier molecular flexibility index (Phi) is 5.65. The first-order valence-electron chi connectivity index (χ1n) is 8.35. The van der Waals surface area contributed by atoms with Crippen LogP contribution < -0.4 is 0 Å². The summed E-state index contributed by atoms with van der Waals surface area (Å²) in [5, 5.41) is 4.29. The number of hydrogen-bond donors (Lipinski definition) is 0. The summed E-state index contributed by atoms with van der Waals surface area (Å²) in [6.45, 7) is 4.99. The topological polar surface area (TPSA) is 62.5 Å². The molecule has 1 saturated heterocycles. The molecule has 3 rings (SSSR count). The van der Waals surface area contributed by atoms with E-state index in [0.717, 1.165) is 18.7 Å². The molecular weight excluding hydrogens is 347 g/mol. The van der Waals surface area contributed by atoms with Gasteiger partial charge in [0.05, 0.1) is 12.1 Å². The number of aromatic nitrogens is 2. The minimum absolute atomic E-state index is 0.0158. The molecule has 1 aromatic heterocycles. The molecule has 25 heavy (non-hydrogen) atoms. The van der Waals surface area contributed by atoms with Gasteiger partial charge >= 0.3 is 0 Å². The van der Waals surface area contributed by atoms with Crippen molar-refractivity contribution < 1.29 is 13.7 Å². The maximum atomic E-state index is 13.9. The van der Waals surface area contributed by atoms with E-state index in [1.54, 1.807) is 4.90 Å². The van der Waals surface area contributed by atoms with Crippen molar-refractivity contribution in [2.75, 3.05) is 26.2 Å². The summed E-state index contributed by atoms with van der Waals surface area (Å²) < 4.78 is 19.1. The normalized spacial score (nSPS) is 15.6. The van der Waals surface area contributed by atoms with Gasteiger partial charge in [0.15, 0.2) is 5.82 Å². The van der Waals surface area contributed by atoms with Gasteiger partial charge in [0.1, 0.15) is 5.82 Å². The lowest BCUT2D eigenvalue weighted by molar-refractivity contribution is 0.0610. The third-order valence-corrected chi connectivity index (χ3v) is 4.40. The van der Waals surface area contributed by atoms with Crippen molar-refractivity contribution in [1.29, 1.82) is 0 Å². The smallest absolute Gasteiger partial charge is 0.256 e. The molecule has 1 amide bonds. The Morgan fingerprint density at radius 2 is 2.08 bits per heavy atom. The van der Waals surface area contributed by atoms with Gasteiger partial charge in [0, 0.05) is 37.6 Å². The lowest BCUT2D eigenvalue weighted by atomic mass is 10.1. The van der Waals surface area contributed by atoms with Gasteiger partial charge in [-0.1, -0.05) is 23.7 Å². The second-order valence-corrected chi connectivity index (χ2v) is 6.48. The molecule has 1 aliphatic heterocycles. The van der Waals surface area contributed by atoms with Crippen LogP contribution in [0.4, 0.5) is 4.39 Å². The fraction of sp³-hybridized carbons (Fsp3) is 0.471. The first kappa shape index (κ1) is 17.8. The summed E-state index contributed by atoms with van der Waals surface area (Å²) in [7, 11) is 0. The summed E-state index contributed by atoms with van der Waals surface area (Å²) in [6.07, 6.45) is 1.77. The molecule has 0 spiro atoms. The van der Waals surface area contributed by atoms with Gasteiger partial charge in [-0.3, -0.25) is 9.69 Å². The average Bonchev–Trinajstić information content (AvgIpc) is 3.04. The van der Waals surface area contributed by atoms with Crippen LogP contribution in [0.25, 0.3) is 0 Å². The van der Waals surface area contributed by atoms with E-state index >= 15 is 0 Å². The van der Waals surface area contributed by atoms with Gasteiger partial charge in [-0.2, -0.15) is 4.98 Å². The molecule has 1 aliphatic rings. The van der Waals surface area contributed by atoms with E-state index in [2.05, 4.69) is 22.0 Å². The number of halogens is 2. The minimum Gasteiger partial charge on any atom is -0.338 e. The molecule has 0 bridgehead atoms. The summed E-state index contributed by atoms with van der Waals surface area (Å²) in [5.74, 6) is 0.431. The van der Waals surface area contributed by atoms with Crippen molar-refractivity contribution >= 4 is 17.5 Å². The van der Waals surface area contributed by atoms with Crippen molar-refractivity contribution in [3.63, 3.8) is 0 Å². The lowest BCUT2D eigenvalue weighted by Crippen LogP contribution is -2.48. The van der Waals surface area contributed by atoms with Crippen molar-refractivity contribution in [2.24, 2.45) is 0 Å². The standard InChI is InChI=1S/C17H20ClFN4O2/c1-2-3-15-20-16(25-21-15)11-22-6-8-23(9-7-22)17(24)13-10-12(18)4-5-14(13)19/h4-5,10H,2-3,6-9,11H2,1H3. The van der Waals surface area contributed by atoms with Crippen molar-refractivity contribution in [3.05, 3.63) is 46.3 Å². The first-order valence-corrected chi connectivity index (χ1v) is 8.72. The van der Waals surface area contributed by atoms with Crippen LogP contribution in [0.5, 0.6) is 0 Å². The number of amides is 1. The summed E-state index contributed by atoms with van der Waals surface area (Å²) >= 11 is 5.87. The molecule has 8 heteroatoms. The molecule has 0 radical (unpaired) electrons. The zero-order valence-corrected chi connectivity index (χ0v) is 14.8. The Morgan fingerprint density at radius 3 is 2.80 bits per heavy atom. The molecule has 0 N–H and O–H groups in total. The van der Waals surface area contributed by atoms with Crippen LogP contribution >= 0.6 is 11.6 Å². The van der Waals surface area contributed by atoms with Crippen LogP contribution in [0.3, 0.4) is 0 Å². The molecule has 134 valence electrons. The molecule has 2 heterocycles. The first-order chi connectivity index (χ1) is 12.1. The zero-order chi connectivity index (χ0) is 17.8. The molecule has 0 unspecified atom stereocenters. The number of benzene rings is 1. The Balaban J connectivity index is 1.56. The van der Waals surface area contributed by atoms with Gasteiger partial charge in [-0.05, 0) is 24.6 Å². The second kappa shape index (κ2) is 7.93. The largest absolute Gasteiger partial charge is 0.338 e. The van der Waals surface area contributed by atoms with Gasteiger partial charge in [0.25, 0.3) is 5.91 Å². The Morgan fingerprint density at radius 1 is 1.32 bits per heavy atom. The highest BCUT2D eigenvalue weighted by atomic mass is 35.5. The summed E-state index contributed by atoms with van der Waals surface area (Å²) in [4.78, 5) is 20.6. The van der Waals surface area contributed by atoms with Crippen LogP contribution in [0.1, 0.15) is 35.4 Å². The Bertz CT molecular complexity index is 744. The molecule has 0 saturated carbocycles. The Labute approximate surface area is 150 Å². The van der Waals surface area contributed by atoms with Gasteiger partial charge in [-0.15, -0.1) is 0 Å². The number of hydrogen-bond acceptors (Lipinski definition) is 5.